The van der Waals surface area contributed by atoms with Gasteiger partial charge in [-0.1, -0.05) is 23.7 Å². The van der Waals surface area contributed by atoms with Crippen LogP contribution in [0, 0.1) is 0 Å². The minimum absolute atomic E-state index is 0.193. The molecule has 4 N–H and O–H groups in total. The Labute approximate surface area is 219 Å². The van der Waals surface area contributed by atoms with Crippen molar-refractivity contribution in [1.82, 2.24) is 19.8 Å². The highest BCUT2D eigenvalue weighted by Crippen LogP contribution is 2.30. The van der Waals surface area contributed by atoms with Crippen molar-refractivity contribution in [3.05, 3.63) is 63.7 Å². The number of carbonyl (C=O) groups is 2. The lowest BCUT2D eigenvalue weighted by molar-refractivity contribution is 0.0719. The number of carbonyl (C=O) groups excluding carboxylic acids is 1. The first-order chi connectivity index (χ1) is 17.2. The van der Waals surface area contributed by atoms with E-state index in [1.807, 2.05) is 0 Å². The van der Waals surface area contributed by atoms with E-state index in [-0.39, 0.29) is 22.8 Å². The van der Waals surface area contributed by atoms with Crippen LogP contribution in [0.15, 0.2) is 47.3 Å². The smallest absolute Gasteiger partial charge is 0.408 e. The predicted molar refractivity (Wildman–Crippen MR) is 144 cm³/mol. The number of nitrogens with one attached hydrogen (secondary N) is 2. The molecule has 3 aromatic rings. The normalized spacial score (nSPS) is 12.8. The molecule has 3 rings (SSSR count). The molecule has 0 saturated carbocycles. The van der Waals surface area contributed by atoms with Gasteiger partial charge >= 0.3 is 12.1 Å². The Morgan fingerprint density at radius 1 is 1.14 bits per heavy atom. The number of hydrogen-bond donors (Lipinski definition) is 4. The molecule has 0 fully saturated rings. The second-order valence-corrected chi connectivity index (χ2v) is 10.8. The Kier molecular flexibility index (Phi) is 7.85. The van der Waals surface area contributed by atoms with E-state index in [0.29, 0.717) is 16.9 Å². The molecule has 1 aromatic heterocycles. The predicted octanol–water partition coefficient (Wildman–Crippen LogP) is 4.77. The number of aliphatic hydroxyl groups is 1. The van der Waals surface area contributed by atoms with Crippen LogP contribution in [0.5, 0.6) is 0 Å². The lowest BCUT2D eigenvalue weighted by atomic mass is 10.0. The average molecular weight is 530 g/mol. The fourth-order valence-electron chi connectivity index (χ4n) is 4.12. The molecule has 0 aliphatic rings. The molecule has 1 heterocycles. The van der Waals surface area contributed by atoms with Crippen molar-refractivity contribution in [2.75, 3.05) is 11.9 Å². The highest BCUT2D eigenvalue weighted by Gasteiger charge is 2.34. The van der Waals surface area contributed by atoms with E-state index in [0.717, 1.165) is 0 Å². The van der Waals surface area contributed by atoms with Crippen LogP contribution in [0.1, 0.15) is 53.4 Å². The van der Waals surface area contributed by atoms with Crippen LogP contribution in [0.3, 0.4) is 0 Å². The van der Waals surface area contributed by atoms with Crippen LogP contribution in [0.25, 0.3) is 16.6 Å². The molecule has 0 spiro atoms. The summed E-state index contributed by atoms with van der Waals surface area (Å²) < 4.78 is 1.32. The van der Waals surface area contributed by atoms with Crippen LogP contribution in [0.4, 0.5) is 15.3 Å². The van der Waals surface area contributed by atoms with Gasteiger partial charge in [0, 0.05) is 11.2 Å². The zero-order valence-corrected chi connectivity index (χ0v) is 22.4. The van der Waals surface area contributed by atoms with Crippen LogP contribution < -0.4 is 16.2 Å². The number of halogens is 1. The van der Waals surface area contributed by atoms with Crippen molar-refractivity contribution in [1.29, 1.82) is 0 Å². The fraction of sp³-hybridized carbons (Fsp3) is 0.385. The monoisotopic (exact) mass is 529 g/mol. The fourth-order valence-corrected chi connectivity index (χ4v) is 4.37. The molecule has 0 aliphatic heterocycles. The van der Waals surface area contributed by atoms with Gasteiger partial charge in [0.25, 0.3) is 5.56 Å². The van der Waals surface area contributed by atoms with Crippen LogP contribution >= 0.6 is 11.6 Å². The van der Waals surface area contributed by atoms with Gasteiger partial charge in [-0.3, -0.25) is 14.3 Å². The van der Waals surface area contributed by atoms with Crippen LogP contribution in [-0.4, -0.2) is 54.5 Å². The lowest BCUT2D eigenvalue weighted by Crippen LogP contribution is -2.48. The van der Waals surface area contributed by atoms with E-state index in [1.54, 1.807) is 84.0 Å². The summed E-state index contributed by atoms with van der Waals surface area (Å²) in [4.78, 5) is 44.4. The van der Waals surface area contributed by atoms with Gasteiger partial charge < -0.3 is 20.8 Å². The summed E-state index contributed by atoms with van der Waals surface area (Å²) in [5.41, 5.74) is -1.03. The Morgan fingerprint density at radius 2 is 1.78 bits per heavy atom. The van der Waals surface area contributed by atoms with Gasteiger partial charge in [0.15, 0.2) is 0 Å². The van der Waals surface area contributed by atoms with Crippen molar-refractivity contribution >= 4 is 40.3 Å². The van der Waals surface area contributed by atoms with Crippen molar-refractivity contribution in [3.8, 4) is 5.69 Å². The molecule has 11 heteroatoms. The maximum Gasteiger partial charge on any atom is 0.408 e. The molecular weight excluding hydrogens is 498 g/mol. The summed E-state index contributed by atoms with van der Waals surface area (Å²) in [7, 11) is 0. The maximum absolute atomic E-state index is 13.8. The highest BCUT2D eigenvalue weighted by molar-refractivity contribution is 6.35. The first kappa shape index (κ1) is 27.9. The number of rotatable bonds is 6. The number of benzene rings is 2. The second kappa shape index (κ2) is 10.4. The van der Waals surface area contributed by atoms with E-state index in [1.165, 1.54) is 9.47 Å². The molecule has 2 aromatic carbocycles. The van der Waals surface area contributed by atoms with E-state index in [2.05, 4.69) is 15.6 Å². The molecule has 1 unspecified atom stereocenters. The standard InChI is InChI=1S/C26H32ClN5O5/c1-15(32(24(36)37)25(2,3)4)21-29-19-12-8-11-18(27)20(19)22(34)31(21)17-10-7-9-16(13-17)28-23(35)30-26(5,6)14-33/h7-13,15,33H,14H2,1-6H3,(H,36,37)(H2,28,30,35). The van der Waals surface area contributed by atoms with Gasteiger partial charge in [-0.15, -0.1) is 0 Å². The summed E-state index contributed by atoms with van der Waals surface area (Å²) in [6.07, 6.45) is -1.16. The Balaban J connectivity index is 2.22. The zero-order chi connectivity index (χ0) is 27.7. The number of fused-ring (bicyclic) bond motifs is 1. The minimum atomic E-state index is -1.16. The number of aliphatic hydroxyl groups excluding tert-OH is 1. The number of nitrogens with zero attached hydrogens (tertiary/aromatic N) is 3. The Morgan fingerprint density at radius 3 is 2.38 bits per heavy atom. The highest BCUT2D eigenvalue weighted by atomic mass is 35.5. The van der Waals surface area contributed by atoms with Crippen molar-refractivity contribution in [2.45, 2.75) is 58.7 Å². The molecule has 0 aliphatic carbocycles. The maximum atomic E-state index is 13.8. The van der Waals surface area contributed by atoms with Gasteiger partial charge in [0.2, 0.25) is 0 Å². The molecule has 0 saturated heterocycles. The first-order valence-corrected chi connectivity index (χ1v) is 12.1. The van der Waals surface area contributed by atoms with Gasteiger partial charge in [0.05, 0.1) is 39.8 Å². The number of amides is 3. The first-order valence-electron chi connectivity index (χ1n) is 11.7. The number of anilines is 1. The van der Waals surface area contributed by atoms with Gasteiger partial charge in [-0.2, -0.15) is 0 Å². The van der Waals surface area contributed by atoms with Crippen molar-refractivity contribution in [3.63, 3.8) is 0 Å². The molecule has 3 amide bonds. The molecule has 10 nitrogen and oxygen atoms in total. The number of carboxylic acid groups (broad SMARTS) is 1. The minimum Gasteiger partial charge on any atom is -0.465 e. The Bertz CT molecular complexity index is 1400. The molecule has 198 valence electrons. The molecule has 0 bridgehead atoms. The van der Waals surface area contributed by atoms with E-state index >= 15 is 0 Å². The third kappa shape index (κ3) is 6.03. The van der Waals surface area contributed by atoms with E-state index in [9.17, 15) is 24.6 Å². The largest absolute Gasteiger partial charge is 0.465 e. The zero-order valence-electron chi connectivity index (χ0n) is 21.7. The van der Waals surface area contributed by atoms with Crippen LogP contribution in [-0.2, 0) is 0 Å². The van der Waals surface area contributed by atoms with Gasteiger partial charge in [0.1, 0.15) is 5.82 Å². The van der Waals surface area contributed by atoms with Gasteiger partial charge in [-0.25, -0.2) is 14.6 Å². The topological polar surface area (TPSA) is 137 Å². The summed E-state index contributed by atoms with van der Waals surface area (Å²) in [6.45, 7) is 10.0. The van der Waals surface area contributed by atoms with Gasteiger partial charge in [-0.05, 0) is 71.9 Å². The Hall–Kier alpha value is -3.63. The summed E-state index contributed by atoms with van der Waals surface area (Å²) >= 11 is 6.37. The third-order valence-corrected chi connectivity index (χ3v) is 6.09. The van der Waals surface area contributed by atoms with Crippen molar-refractivity contribution < 1.29 is 19.8 Å². The van der Waals surface area contributed by atoms with E-state index in [4.69, 9.17) is 11.6 Å². The number of aromatic nitrogens is 2. The molecule has 1 atom stereocenters. The molecule has 0 radical (unpaired) electrons. The summed E-state index contributed by atoms with van der Waals surface area (Å²) in [6, 6.07) is 10.1. The third-order valence-electron chi connectivity index (χ3n) is 5.77. The SMILES string of the molecule is CC(c1nc2cccc(Cl)c2c(=O)n1-c1cccc(NC(=O)NC(C)(C)CO)c1)N(C(=O)O)C(C)(C)C. The van der Waals surface area contributed by atoms with Crippen LogP contribution in [0.2, 0.25) is 5.02 Å². The lowest BCUT2D eigenvalue weighted by Gasteiger charge is -2.38. The molecular formula is C26H32ClN5O5. The second-order valence-electron chi connectivity index (χ2n) is 10.4. The summed E-state index contributed by atoms with van der Waals surface area (Å²) in [5, 5.41) is 25.2. The quantitative estimate of drug-likeness (QED) is 0.363. The number of urea groups is 1. The van der Waals surface area contributed by atoms with E-state index < -0.39 is 34.8 Å². The summed E-state index contributed by atoms with van der Waals surface area (Å²) in [5.74, 6) is 0.195. The molecule has 37 heavy (non-hydrogen) atoms. The van der Waals surface area contributed by atoms with Crippen molar-refractivity contribution in [2.24, 2.45) is 0 Å². The number of hydrogen-bond acceptors (Lipinski definition) is 5. The average Bonchev–Trinajstić information content (AvgIpc) is 2.77.